The number of nitrogens with zero attached hydrogens (tertiary/aromatic N) is 1. The predicted octanol–water partition coefficient (Wildman–Crippen LogP) is 4.21. The summed E-state index contributed by atoms with van der Waals surface area (Å²) in [5.74, 6) is 0.901. The van der Waals surface area contributed by atoms with Crippen LogP contribution in [-0.4, -0.2) is 31.7 Å². The summed E-state index contributed by atoms with van der Waals surface area (Å²) >= 11 is 0. The van der Waals surface area contributed by atoms with Gasteiger partial charge in [-0.25, -0.2) is 9.18 Å². The summed E-state index contributed by atoms with van der Waals surface area (Å²) in [4.78, 5) is 14.5. The second-order valence-electron chi connectivity index (χ2n) is 5.94. The number of amides is 2. The van der Waals surface area contributed by atoms with Crippen molar-refractivity contribution in [1.82, 2.24) is 4.90 Å². The van der Waals surface area contributed by atoms with Crippen molar-refractivity contribution in [3.05, 3.63) is 53.8 Å². The molecule has 2 aromatic rings. The number of benzene rings is 2. The number of carbonyl (C=O) groups is 1. The van der Waals surface area contributed by atoms with Gasteiger partial charge < -0.3 is 19.7 Å². The van der Waals surface area contributed by atoms with Gasteiger partial charge >= 0.3 is 6.03 Å². The number of methoxy groups -OCH3 is 2. The summed E-state index contributed by atoms with van der Waals surface area (Å²) in [6.45, 7) is 0.633. The van der Waals surface area contributed by atoms with Crippen LogP contribution < -0.4 is 14.8 Å². The highest BCUT2D eigenvalue weighted by molar-refractivity contribution is 5.90. The molecular formula is C19H21FN2O3. The summed E-state index contributed by atoms with van der Waals surface area (Å²) in [6, 6.07) is 11.3. The van der Waals surface area contributed by atoms with E-state index < -0.39 is 0 Å². The Labute approximate surface area is 146 Å². The molecule has 2 aromatic carbocycles. The number of urea groups is 1. The standard InChI is InChI=1S/C19H21FN2O3/c1-24-16-10-15(11-17(12-16)25-2)21-19(23)22-8-4-7-18(22)13-5-3-6-14(20)9-13/h3,5-6,9-12,18H,4,7-8H2,1-2H3,(H,21,23). The third-order valence-corrected chi connectivity index (χ3v) is 4.35. The van der Waals surface area contributed by atoms with Crippen molar-refractivity contribution in [2.75, 3.05) is 26.1 Å². The lowest BCUT2D eigenvalue weighted by Crippen LogP contribution is -2.34. The molecule has 1 heterocycles. The van der Waals surface area contributed by atoms with E-state index in [0.717, 1.165) is 18.4 Å². The molecule has 0 spiro atoms. The number of halogens is 1. The minimum Gasteiger partial charge on any atom is -0.497 e. The summed E-state index contributed by atoms with van der Waals surface area (Å²) in [6.07, 6.45) is 1.70. The Morgan fingerprint density at radius 1 is 1.16 bits per heavy atom. The lowest BCUT2D eigenvalue weighted by atomic mass is 10.0. The fourth-order valence-corrected chi connectivity index (χ4v) is 3.15. The largest absolute Gasteiger partial charge is 0.497 e. The number of likely N-dealkylation sites (tertiary alicyclic amines) is 1. The average Bonchev–Trinajstić information content (AvgIpc) is 3.11. The first kappa shape index (κ1) is 17.1. The van der Waals surface area contributed by atoms with Crippen molar-refractivity contribution >= 4 is 11.7 Å². The maximum Gasteiger partial charge on any atom is 0.322 e. The molecule has 1 aliphatic rings. The highest BCUT2D eigenvalue weighted by Crippen LogP contribution is 2.33. The fourth-order valence-electron chi connectivity index (χ4n) is 3.15. The van der Waals surface area contributed by atoms with E-state index in [1.165, 1.54) is 12.1 Å². The highest BCUT2D eigenvalue weighted by Gasteiger charge is 2.30. The van der Waals surface area contributed by atoms with Crippen molar-refractivity contribution in [3.63, 3.8) is 0 Å². The Morgan fingerprint density at radius 3 is 2.52 bits per heavy atom. The molecule has 25 heavy (non-hydrogen) atoms. The van der Waals surface area contributed by atoms with Crippen LogP contribution in [0.5, 0.6) is 11.5 Å². The van der Waals surface area contributed by atoms with E-state index >= 15 is 0 Å². The number of hydrogen-bond acceptors (Lipinski definition) is 3. The van der Waals surface area contributed by atoms with Gasteiger partial charge in [0.05, 0.1) is 20.3 Å². The van der Waals surface area contributed by atoms with Gasteiger partial charge in [0.1, 0.15) is 17.3 Å². The minimum atomic E-state index is -0.290. The molecule has 0 aliphatic carbocycles. The van der Waals surface area contributed by atoms with Crippen LogP contribution in [-0.2, 0) is 0 Å². The van der Waals surface area contributed by atoms with Crippen LogP contribution in [0.3, 0.4) is 0 Å². The smallest absolute Gasteiger partial charge is 0.322 e. The van der Waals surface area contributed by atoms with E-state index in [2.05, 4.69) is 5.32 Å². The zero-order valence-corrected chi connectivity index (χ0v) is 14.3. The molecule has 0 radical (unpaired) electrons. The van der Waals surface area contributed by atoms with Crippen LogP contribution in [0.2, 0.25) is 0 Å². The molecule has 0 bridgehead atoms. The van der Waals surface area contributed by atoms with Gasteiger partial charge in [0.25, 0.3) is 0 Å². The van der Waals surface area contributed by atoms with Crippen molar-refractivity contribution in [2.45, 2.75) is 18.9 Å². The monoisotopic (exact) mass is 344 g/mol. The number of rotatable bonds is 4. The first-order valence-electron chi connectivity index (χ1n) is 8.17. The number of carbonyl (C=O) groups excluding carboxylic acids is 1. The van der Waals surface area contributed by atoms with E-state index in [9.17, 15) is 9.18 Å². The van der Waals surface area contributed by atoms with Crippen LogP contribution in [0, 0.1) is 5.82 Å². The van der Waals surface area contributed by atoms with E-state index in [-0.39, 0.29) is 17.9 Å². The van der Waals surface area contributed by atoms with Crippen LogP contribution in [0.25, 0.3) is 0 Å². The number of nitrogens with one attached hydrogen (secondary N) is 1. The Kier molecular flexibility index (Phi) is 5.07. The van der Waals surface area contributed by atoms with Crippen LogP contribution >= 0.6 is 0 Å². The topological polar surface area (TPSA) is 50.8 Å². The summed E-state index contributed by atoms with van der Waals surface area (Å²) in [5.41, 5.74) is 1.40. The minimum absolute atomic E-state index is 0.122. The molecule has 1 atom stereocenters. The van der Waals surface area contributed by atoms with Crippen LogP contribution in [0.1, 0.15) is 24.4 Å². The Hall–Kier alpha value is -2.76. The lowest BCUT2D eigenvalue weighted by Gasteiger charge is -2.25. The van der Waals surface area contributed by atoms with E-state index in [4.69, 9.17) is 9.47 Å². The number of hydrogen-bond donors (Lipinski definition) is 1. The summed E-state index contributed by atoms with van der Waals surface area (Å²) in [5, 5.41) is 2.88. The molecular weight excluding hydrogens is 323 g/mol. The van der Waals surface area contributed by atoms with Gasteiger partial charge in [-0.1, -0.05) is 12.1 Å². The molecule has 1 aliphatic heterocycles. The first-order valence-corrected chi connectivity index (χ1v) is 8.17. The SMILES string of the molecule is COc1cc(NC(=O)N2CCCC2c2cccc(F)c2)cc(OC)c1. The van der Waals surface area contributed by atoms with Crippen molar-refractivity contribution in [2.24, 2.45) is 0 Å². The molecule has 1 fully saturated rings. The second kappa shape index (κ2) is 7.42. The predicted molar refractivity (Wildman–Crippen MR) is 93.6 cm³/mol. The van der Waals surface area contributed by atoms with Crippen molar-refractivity contribution in [3.8, 4) is 11.5 Å². The Balaban J connectivity index is 1.78. The maximum absolute atomic E-state index is 13.5. The molecule has 132 valence electrons. The van der Waals surface area contributed by atoms with Crippen LogP contribution in [0.4, 0.5) is 14.9 Å². The lowest BCUT2D eigenvalue weighted by molar-refractivity contribution is 0.207. The molecule has 6 heteroatoms. The van der Waals surface area contributed by atoms with Gasteiger partial charge in [-0.2, -0.15) is 0 Å². The molecule has 2 amide bonds. The molecule has 3 rings (SSSR count). The van der Waals surface area contributed by atoms with E-state index in [1.54, 1.807) is 43.4 Å². The van der Waals surface area contributed by atoms with Crippen LogP contribution in [0.15, 0.2) is 42.5 Å². The third kappa shape index (κ3) is 3.84. The van der Waals surface area contributed by atoms with Crippen molar-refractivity contribution in [1.29, 1.82) is 0 Å². The van der Waals surface area contributed by atoms with Gasteiger partial charge in [-0.15, -0.1) is 0 Å². The van der Waals surface area contributed by atoms with Gasteiger partial charge in [-0.05, 0) is 30.5 Å². The quantitative estimate of drug-likeness (QED) is 0.904. The summed E-state index contributed by atoms with van der Waals surface area (Å²) < 4.78 is 24.0. The number of anilines is 1. The third-order valence-electron chi connectivity index (χ3n) is 4.35. The molecule has 5 nitrogen and oxygen atoms in total. The van der Waals surface area contributed by atoms with Gasteiger partial charge in [-0.3, -0.25) is 0 Å². The van der Waals surface area contributed by atoms with Gasteiger partial charge in [0.15, 0.2) is 0 Å². The molecule has 1 saturated heterocycles. The molecule has 0 aromatic heterocycles. The zero-order chi connectivity index (χ0) is 17.8. The average molecular weight is 344 g/mol. The van der Waals surface area contributed by atoms with Gasteiger partial charge in [0, 0.05) is 30.4 Å². The summed E-state index contributed by atoms with van der Waals surface area (Å²) in [7, 11) is 3.11. The Bertz CT molecular complexity index is 744. The second-order valence-corrected chi connectivity index (χ2v) is 5.94. The number of ether oxygens (including phenoxy) is 2. The van der Waals surface area contributed by atoms with Crippen molar-refractivity contribution < 1.29 is 18.7 Å². The van der Waals surface area contributed by atoms with E-state index in [1.807, 2.05) is 6.07 Å². The maximum atomic E-state index is 13.5. The van der Waals surface area contributed by atoms with Gasteiger partial charge in [0.2, 0.25) is 0 Å². The fraction of sp³-hybridized carbons (Fsp3) is 0.316. The highest BCUT2D eigenvalue weighted by atomic mass is 19.1. The molecule has 1 unspecified atom stereocenters. The Morgan fingerprint density at radius 2 is 1.88 bits per heavy atom. The first-order chi connectivity index (χ1) is 12.1. The zero-order valence-electron chi connectivity index (χ0n) is 14.3. The normalized spacial score (nSPS) is 16.6. The molecule has 0 saturated carbocycles. The van der Waals surface area contributed by atoms with E-state index in [0.29, 0.717) is 23.7 Å². The molecule has 1 N–H and O–H groups in total.